The molecule has 1 fully saturated rings. The van der Waals surface area contributed by atoms with E-state index in [1.54, 1.807) is 0 Å². The largest absolute Gasteiger partial charge is 0.382 e. The van der Waals surface area contributed by atoms with E-state index in [1.165, 1.54) is 32.5 Å². The van der Waals surface area contributed by atoms with Crippen molar-refractivity contribution in [3.63, 3.8) is 0 Å². The van der Waals surface area contributed by atoms with Crippen LogP contribution in [0.2, 0.25) is 5.02 Å². The normalized spacial score (nSPS) is 18.2. The Morgan fingerprint density at radius 1 is 1.33 bits per heavy atom. The first-order valence-electron chi connectivity index (χ1n) is 6.88. The summed E-state index contributed by atoms with van der Waals surface area (Å²) >= 11 is 5.99. The number of hydrogen-bond acceptors (Lipinski definition) is 2. The molecule has 0 bridgehead atoms. The van der Waals surface area contributed by atoms with E-state index in [2.05, 4.69) is 30.1 Å². The fourth-order valence-corrected chi connectivity index (χ4v) is 2.78. The molecule has 1 aliphatic heterocycles. The number of nitrogens with one attached hydrogen (secondary N) is 1. The second-order valence-corrected chi connectivity index (χ2v) is 6.06. The predicted molar refractivity (Wildman–Crippen MR) is 79.4 cm³/mol. The van der Waals surface area contributed by atoms with Gasteiger partial charge in [0.1, 0.15) is 0 Å². The van der Waals surface area contributed by atoms with Gasteiger partial charge < -0.3 is 10.2 Å². The summed E-state index contributed by atoms with van der Waals surface area (Å²) in [5, 5.41) is 4.39. The quantitative estimate of drug-likeness (QED) is 0.890. The van der Waals surface area contributed by atoms with Crippen molar-refractivity contribution in [2.24, 2.45) is 5.92 Å². The van der Waals surface area contributed by atoms with Gasteiger partial charge in [0.2, 0.25) is 0 Å². The van der Waals surface area contributed by atoms with Gasteiger partial charge >= 0.3 is 0 Å². The van der Waals surface area contributed by atoms with Gasteiger partial charge in [-0.2, -0.15) is 0 Å². The highest BCUT2D eigenvalue weighted by Crippen LogP contribution is 2.20. The molecule has 1 N–H and O–H groups in total. The molecule has 0 amide bonds. The van der Waals surface area contributed by atoms with Crippen LogP contribution >= 0.6 is 11.6 Å². The average Bonchev–Trinajstić information content (AvgIpc) is 2.31. The summed E-state index contributed by atoms with van der Waals surface area (Å²) in [6.45, 7) is 8.21. The van der Waals surface area contributed by atoms with Crippen molar-refractivity contribution < 1.29 is 0 Å². The Morgan fingerprint density at radius 3 is 2.67 bits per heavy atom. The molecule has 3 heteroatoms. The molecule has 0 saturated carbocycles. The first-order chi connectivity index (χ1) is 8.63. The topological polar surface area (TPSA) is 15.3 Å². The van der Waals surface area contributed by atoms with E-state index >= 15 is 0 Å². The molecule has 1 heterocycles. The molecule has 0 aliphatic carbocycles. The summed E-state index contributed by atoms with van der Waals surface area (Å²) in [6.07, 6.45) is 2.44. The Kier molecular flexibility index (Phi) is 4.90. The van der Waals surface area contributed by atoms with Crippen LogP contribution in [0.4, 0.5) is 5.69 Å². The molecule has 18 heavy (non-hydrogen) atoms. The van der Waals surface area contributed by atoms with E-state index < -0.39 is 0 Å². The highest BCUT2D eigenvalue weighted by atomic mass is 35.5. The maximum atomic E-state index is 5.99. The van der Waals surface area contributed by atoms with Crippen LogP contribution in [0.25, 0.3) is 0 Å². The van der Waals surface area contributed by atoms with Crippen LogP contribution < -0.4 is 5.32 Å². The van der Waals surface area contributed by atoms with Gasteiger partial charge in [0.25, 0.3) is 0 Å². The van der Waals surface area contributed by atoms with Crippen LogP contribution in [0, 0.1) is 5.92 Å². The van der Waals surface area contributed by atoms with E-state index in [1.807, 2.05) is 18.2 Å². The summed E-state index contributed by atoms with van der Waals surface area (Å²) in [7, 11) is 0. The van der Waals surface area contributed by atoms with Gasteiger partial charge in [-0.1, -0.05) is 31.5 Å². The molecule has 0 unspecified atom stereocenters. The third-order valence-corrected chi connectivity index (χ3v) is 3.64. The Morgan fingerprint density at radius 2 is 2.06 bits per heavy atom. The molecule has 100 valence electrons. The van der Waals surface area contributed by atoms with Gasteiger partial charge in [0, 0.05) is 36.4 Å². The fraction of sp³-hybridized carbons (Fsp3) is 0.600. The van der Waals surface area contributed by atoms with Crippen LogP contribution in [-0.2, 0) is 0 Å². The van der Waals surface area contributed by atoms with Gasteiger partial charge in [-0.3, -0.25) is 0 Å². The lowest BCUT2D eigenvalue weighted by Crippen LogP contribution is -2.40. The van der Waals surface area contributed by atoms with Crippen LogP contribution in [0.3, 0.4) is 0 Å². The molecule has 0 radical (unpaired) electrons. The number of benzene rings is 1. The van der Waals surface area contributed by atoms with Crippen LogP contribution in [0.15, 0.2) is 24.3 Å². The van der Waals surface area contributed by atoms with Crippen molar-refractivity contribution in [2.75, 3.05) is 25.0 Å². The maximum absolute atomic E-state index is 5.99. The van der Waals surface area contributed by atoms with Gasteiger partial charge in [0.15, 0.2) is 0 Å². The van der Waals surface area contributed by atoms with Crippen LogP contribution in [-0.4, -0.2) is 30.6 Å². The Hall–Kier alpha value is -0.730. The summed E-state index contributed by atoms with van der Waals surface area (Å²) in [5.41, 5.74) is 1.14. The lowest BCUT2D eigenvalue weighted by atomic mass is 10.0. The second kappa shape index (κ2) is 6.44. The minimum absolute atomic E-state index is 0.590. The highest BCUT2D eigenvalue weighted by molar-refractivity contribution is 6.30. The summed E-state index contributed by atoms with van der Waals surface area (Å²) in [6, 6.07) is 8.59. The lowest BCUT2D eigenvalue weighted by molar-refractivity contribution is 0.198. The molecular formula is C15H23ClN2. The van der Waals surface area contributed by atoms with E-state index in [-0.39, 0.29) is 0 Å². The highest BCUT2D eigenvalue weighted by Gasteiger charge is 2.19. The Balaban J connectivity index is 1.80. The maximum Gasteiger partial charge on any atom is 0.0426 e. The lowest BCUT2D eigenvalue weighted by Gasteiger charge is -2.33. The van der Waals surface area contributed by atoms with Gasteiger partial charge in [-0.05, 0) is 37.0 Å². The van der Waals surface area contributed by atoms with Crippen LogP contribution in [0.1, 0.15) is 26.7 Å². The zero-order valence-electron chi connectivity index (χ0n) is 11.3. The number of rotatable bonds is 4. The third kappa shape index (κ3) is 4.18. The summed E-state index contributed by atoms with van der Waals surface area (Å²) in [4.78, 5) is 2.57. The second-order valence-electron chi connectivity index (χ2n) is 5.62. The Labute approximate surface area is 115 Å². The summed E-state index contributed by atoms with van der Waals surface area (Å²) < 4.78 is 0. The number of halogens is 1. The molecule has 1 aromatic rings. The van der Waals surface area contributed by atoms with Crippen molar-refractivity contribution in [1.82, 2.24) is 4.90 Å². The molecule has 1 aromatic carbocycles. The average molecular weight is 267 g/mol. The predicted octanol–water partition coefficient (Wildman–Crippen LogP) is 3.87. The molecule has 0 atom stereocenters. The number of nitrogens with zero attached hydrogens (tertiary/aromatic N) is 1. The molecule has 0 aromatic heterocycles. The van der Waals surface area contributed by atoms with Crippen LogP contribution in [0.5, 0.6) is 0 Å². The standard InChI is InChI=1S/C15H23ClN2/c1-12(2)11-18-8-6-14(7-9-18)17-15-5-3-4-13(16)10-15/h3-5,10,12,14,17H,6-9,11H2,1-2H3. The van der Waals surface area contributed by atoms with Crippen molar-refractivity contribution in [1.29, 1.82) is 0 Å². The number of hydrogen-bond donors (Lipinski definition) is 1. The fourth-order valence-electron chi connectivity index (χ4n) is 2.59. The smallest absolute Gasteiger partial charge is 0.0426 e. The van der Waals surface area contributed by atoms with E-state index in [4.69, 9.17) is 11.6 Å². The zero-order valence-corrected chi connectivity index (χ0v) is 12.1. The van der Waals surface area contributed by atoms with Crippen molar-refractivity contribution in [2.45, 2.75) is 32.7 Å². The van der Waals surface area contributed by atoms with Gasteiger partial charge in [-0.25, -0.2) is 0 Å². The van der Waals surface area contributed by atoms with E-state index in [0.717, 1.165) is 16.6 Å². The molecule has 2 rings (SSSR count). The molecule has 0 spiro atoms. The molecule has 1 aliphatic rings. The third-order valence-electron chi connectivity index (χ3n) is 3.41. The van der Waals surface area contributed by atoms with E-state index in [0.29, 0.717) is 6.04 Å². The van der Waals surface area contributed by atoms with Gasteiger partial charge in [0.05, 0.1) is 0 Å². The van der Waals surface area contributed by atoms with Crippen molar-refractivity contribution in [3.05, 3.63) is 29.3 Å². The molecule has 2 nitrogen and oxygen atoms in total. The zero-order chi connectivity index (χ0) is 13.0. The minimum Gasteiger partial charge on any atom is -0.382 e. The monoisotopic (exact) mass is 266 g/mol. The van der Waals surface area contributed by atoms with Crippen molar-refractivity contribution in [3.8, 4) is 0 Å². The number of likely N-dealkylation sites (tertiary alicyclic amines) is 1. The van der Waals surface area contributed by atoms with E-state index in [9.17, 15) is 0 Å². The first-order valence-corrected chi connectivity index (χ1v) is 7.26. The van der Waals surface area contributed by atoms with Crippen molar-refractivity contribution >= 4 is 17.3 Å². The minimum atomic E-state index is 0.590. The number of piperidine rings is 1. The number of anilines is 1. The Bertz CT molecular complexity index is 371. The molecular weight excluding hydrogens is 244 g/mol. The van der Waals surface area contributed by atoms with Gasteiger partial charge in [-0.15, -0.1) is 0 Å². The first kappa shape index (κ1) is 13.7. The molecule has 1 saturated heterocycles. The SMILES string of the molecule is CC(C)CN1CCC(Nc2cccc(Cl)c2)CC1. The summed E-state index contributed by atoms with van der Waals surface area (Å²) in [5.74, 6) is 0.766.